The van der Waals surface area contributed by atoms with E-state index < -0.39 is 5.76 Å². The molecule has 1 aliphatic heterocycles. The van der Waals surface area contributed by atoms with E-state index in [9.17, 15) is 9.59 Å². The number of oxazole rings is 1. The monoisotopic (exact) mass is 485 g/mol. The number of rotatable bonds is 7. The fourth-order valence-corrected chi connectivity index (χ4v) is 4.62. The van der Waals surface area contributed by atoms with Gasteiger partial charge in [-0.1, -0.05) is 68.4 Å². The number of esters is 1. The first kappa shape index (κ1) is 23.9. The van der Waals surface area contributed by atoms with E-state index in [0.717, 1.165) is 38.4 Å². The molecule has 2 heterocycles. The van der Waals surface area contributed by atoms with Gasteiger partial charge in [0.15, 0.2) is 12.3 Å². The van der Waals surface area contributed by atoms with Gasteiger partial charge in [-0.2, -0.15) is 0 Å². The number of hydrogen-bond donors (Lipinski definition) is 0. The number of hydrogen-bond acceptors (Lipinski definition) is 6. The Hall–Kier alpha value is -3.84. The summed E-state index contributed by atoms with van der Waals surface area (Å²) >= 11 is 0. The number of carbonyl (C=O) groups excluding carboxylic acids is 1. The van der Waals surface area contributed by atoms with Crippen LogP contribution in [-0.4, -0.2) is 41.6 Å². The Morgan fingerprint density at radius 3 is 2.39 bits per heavy atom. The normalized spacial score (nSPS) is 14.5. The zero-order chi connectivity index (χ0) is 25.1. The molecule has 36 heavy (non-hydrogen) atoms. The van der Waals surface area contributed by atoms with Crippen LogP contribution in [0.25, 0.3) is 22.2 Å². The van der Waals surface area contributed by atoms with Crippen molar-refractivity contribution in [3.8, 4) is 11.1 Å². The third-order valence-corrected chi connectivity index (χ3v) is 6.63. The molecular formula is C29H31N3O4. The lowest BCUT2D eigenvalue weighted by Gasteiger charge is -2.36. The van der Waals surface area contributed by atoms with Crippen molar-refractivity contribution in [3.63, 3.8) is 0 Å². The van der Waals surface area contributed by atoms with Crippen molar-refractivity contribution in [2.24, 2.45) is 5.92 Å². The predicted molar refractivity (Wildman–Crippen MR) is 141 cm³/mol. The molecule has 1 aliphatic rings. The average molecular weight is 486 g/mol. The number of benzene rings is 3. The summed E-state index contributed by atoms with van der Waals surface area (Å²) in [7, 11) is 0. The number of piperazine rings is 1. The van der Waals surface area contributed by atoms with Gasteiger partial charge in [-0.3, -0.25) is 9.69 Å². The van der Waals surface area contributed by atoms with Crippen LogP contribution in [0.2, 0.25) is 0 Å². The van der Waals surface area contributed by atoms with Crippen molar-refractivity contribution in [1.29, 1.82) is 0 Å². The molecule has 1 aromatic heterocycles. The minimum atomic E-state index is -0.522. The molecule has 0 N–H and O–H groups in total. The van der Waals surface area contributed by atoms with Gasteiger partial charge in [-0.25, -0.2) is 9.36 Å². The number of ether oxygens (including phenoxy) is 1. The van der Waals surface area contributed by atoms with Gasteiger partial charge in [0.05, 0.1) is 17.1 Å². The molecule has 7 heteroatoms. The molecule has 4 aromatic rings. The zero-order valence-electron chi connectivity index (χ0n) is 20.7. The summed E-state index contributed by atoms with van der Waals surface area (Å²) in [6, 6.07) is 24.9. The highest BCUT2D eigenvalue weighted by Gasteiger charge is 2.22. The first-order chi connectivity index (χ1) is 17.5. The SMILES string of the molecule is CC(C)C(=O)OCn1c(=O)oc2c(N3CCN(Cc4cccc(-c5ccccc5)c4)CC3)cccc21. The van der Waals surface area contributed by atoms with E-state index in [0.29, 0.717) is 11.1 Å². The van der Waals surface area contributed by atoms with Crippen LogP contribution >= 0.6 is 0 Å². The fourth-order valence-electron chi connectivity index (χ4n) is 4.62. The van der Waals surface area contributed by atoms with Crippen LogP contribution in [0.3, 0.4) is 0 Å². The number of anilines is 1. The Bertz CT molecular complexity index is 1400. The predicted octanol–water partition coefficient (Wildman–Crippen LogP) is 4.74. The van der Waals surface area contributed by atoms with E-state index in [4.69, 9.17) is 9.15 Å². The molecular weight excluding hydrogens is 454 g/mol. The number of fused-ring (bicyclic) bond motifs is 1. The summed E-state index contributed by atoms with van der Waals surface area (Å²) < 4.78 is 12.3. The second kappa shape index (κ2) is 10.4. The van der Waals surface area contributed by atoms with Crippen molar-refractivity contribution in [2.75, 3.05) is 31.1 Å². The summed E-state index contributed by atoms with van der Waals surface area (Å²) in [5, 5.41) is 0. The van der Waals surface area contributed by atoms with Gasteiger partial charge in [0.25, 0.3) is 0 Å². The second-order valence-corrected chi connectivity index (χ2v) is 9.50. The average Bonchev–Trinajstić information content (AvgIpc) is 3.23. The molecule has 0 amide bonds. The molecule has 7 nitrogen and oxygen atoms in total. The number of carbonyl (C=O) groups is 1. The Morgan fingerprint density at radius 2 is 1.64 bits per heavy atom. The molecule has 0 bridgehead atoms. The standard InChI is InChI=1S/C29H31N3O4/c1-21(2)28(33)35-20-32-26-13-7-12-25(27(26)36-29(32)34)31-16-14-30(15-17-31)19-22-8-6-11-24(18-22)23-9-4-3-5-10-23/h3-13,18,21H,14-17,19-20H2,1-2H3. The summed E-state index contributed by atoms with van der Waals surface area (Å²) in [5.41, 5.74) is 5.82. The first-order valence-corrected chi connectivity index (χ1v) is 12.4. The van der Waals surface area contributed by atoms with Crippen LogP contribution in [0.4, 0.5) is 5.69 Å². The highest BCUT2D eigenvalue weighted by Crippen LogP contribution is 2.28. The molecule has 5 rings (SSSR count). The van der Waals surface area contributed by atoms with Crippen LogP contribution in [0.15, 0.2) is 82.0 Å². The zero-order valence-corrected chi connectivity index (χ0v) is 20.7. The van der Waals surface area contributed by atoms with Crippen LogP contribution in [0.1, 0.15) is 19.4 Å². The van der Waals surface area contributed by atoms with E-state index in [1.54, 1.807) is 13.8 Å². The maximum Gasteiger partial charge on any atom is 0.422 e. The van der Waals surface area contributed by atoms with Crippen LogP contribution < -0.4 is 10.7 Å². The first-order valence-electron chi connectivity index (χ1n) is 12.4. The molecule has 0 radical (unpaired) electrons. The van der Waals surface area contributed by atoms with Gasteiger partial charge in [0, 0.05) is 32.7 Å². The molecule has 0 saturated carbocycles. The minimum absolute atomic E-state index is 0.151. The third-order valence-electron chi connectivity index (χ3n) is 6.63. The van der Waals surface area contributed by atoms with Gasteiger partial charge in [0.1, 0.15) is 0 Å². The maximum absolute atomic E-state index is 12.5. The van der Waals surface area contributed by atoms with E-state index in [1.807, 2.05) is 24.3 Å². The largest absolute Gasteiger partial charge is 0.443 e. The van der Waals surface area contributed by atoms with Gasteiger partial charge in [0.2, 0.25) is 0 Å². The van der Waals surface area contributed by atoms with Crippen LogP contribution in [0.5, 0.6) is 0 Å². The van der Waals surface area contributed by atoms with Gasteiger partial charge >= 0.3 is 11.7 Å². The summed E-state index contributed by atoms with van der Waals surface area (Å²) in [6.45, 7) is 7.73. The number of nitrogens with zero attached hydrogens (tertiary/aromatic N) is 3. The summed E-state index contributed by atoms with van der Waals surface area (Å²) in [4.78, 5) is 29.1. The van der Waals surface area contributed by atoms with E-state index >= 15 is 0 Å². The van der Waals surface area contributed by atoms with Gasteiger partial charge in [-0.15, -0.1) is 0 Å². The third kappa shape index (κ3) is 5.06. The lowest BCUT2D eigenvalue weighted by atomic mass is 10.0. The fraction of sp³-hybridized carbons (Fsp3) is 0.310. The molecule has 0 aliphatic carbocycles. The highest BCUT2D eigenvalue weighted by molar-refractivity contribution is 5.87. The molecule has 0 spiro atoms. The molecule has 0 unspecified atom stereocenters. The quantitative estimate of drug-likeness (QED) is 0.352. The lowest BCUT2D eigenvalue weighted by Crippen LogP contribution is -2.46. The minimum Gasteiger partial charge on any atom is -0.443 e. The summed E-state index contributed by atoms with van der Waals surface area (Å²) in [6.07, 6.45) is 0. The Morgan fingerprint density at radius 1 is 0.917 bits per heavy atom. The molecule has 1 fully saturated rings. The molecule has 3 aromatic carbocycles. The van der Waals surface area contributed by atoms with Crippen molar-refractivity contribution in [2.45, 2.75) is 27.1 Å². The smallest absolute Gasteiger partial charge is 0.422 e. The van der Waals surface area contributed by atoms with Gasteiger partial charge in [-0.05, 0) is 34.9 Å². The molecule has 0 atom stereocenters. The Balaban J connectivity index is 1.26. The lowest BCUT2D eigenvalue weighted by molar-refractivity contribution is -0.151. The number of aromatic nitrogens is 1. The van der Waals surface area contributed by atoms with E-state index in [2.05, 4.69) is 58.3 Å². The topological polar surface area (TPSA) is 67.9 Å². The van der Waals surface area contributed by atoms with Crippen molar-refractivity contribution in [1.82, 2.24) is 9.47 Å². The maximum atomic E-state index is 12.5. The number of para-hydroxylation sites is 1. The van der Waals surface area contributed by atoms with Crippen LogP contribution in [-0.2, 0) is 22.8 Å². The second-order valence-electron chi connectivity index (χ2n) is 9.50. The Labute approximate surface area is 210 Å². The molecule has 186 valence electrons. The Kier molecular flexibility index (Phi) is 6.91. The summed E-state index contributed by atoms with van der Waals surface area (Å²) in [5.74, 6) is -1.13. The van der Waals surface area contributed by atoms with E-state index in [-0.39, 0.29) is 18.6 Å². The van der Waals surface area contributed by atoms with Crippen molar-refractivity contribution < 1.29 is 13.9 Å². The van der Waals surface area contributed by atoms with Crippen LogP contribution in [0, 0.1) is 5.92 Å². The van der Waals surface area contributed by atoms with Gasteiger partial charge < -0.3 is 14.1 Å². The van der Waals surface area contributed by atoms with Crippen molar-refractivity contribution >= 4 is 22.8 Å². The highest BCUT2D eigenvalue weighted by atomic mass is 16.5. The van der Waals surface area contributed by atoms with Crippen molar-refractivity contribution in [3.05, 3.63) is 88.9 Å². The molecule has 1 saturated heterocycles. The van der Waals surface area contributed by atoms with E-state index in [1.165, 1.54) is 21.3 Å².